The molecule has 104 valence electrons. The minimum atomic E-state index is -0.923. The van der Waals surface area contributed by atoms with Crippen LogP contribution in [-0.2, 0) is 0 Å². The lowest BCUT2D eigenvalue weighted by Crippen LogP contribution is -2.47. The number of para-hydroxylation sites is 1. The molecule has 0 radical (unpaired) electrons. The summed E-state index contributed by atoms with van der Waals surface area (Å²) < 4.78 is 0. The zero-order chi connectivity index (χ0) is 13.8. The van der Waals surface area contributed by atoms with E-state index < -0.39 is 5.97 Å². The molecule has 1 heterocycles. The number of halogens is 1. The number of carbonyl (C=O) groups is 1. The molecule has 0 unspecified atom stereocenters. The fourth-order valence-corrected chi connectivity index (χ4v) is 2.81. The van der Waals surface area contributed by atoms with Gasteiger partial charge >= 0.3 is 5.97 Å². The second kappa shape index (κ2) is 6.26. The van der Waals surface area contributed by atoms with Gasteiger partial charge in [0.05, 0.1) is 16.3 Å². The molecule has 0 spiro atoms. The summed E-state index contributed by atoms with van der Waals surface area (Å²) in [5.41, 5.74) is 0.948. The maximum Gasteiger partial charge on any atom is 0.337 e. The maximum atomic E-state index is 11.3. The smallest absolute Gasteiger partial charge is 0.337 e. The lowest BCUT2D eigenvalue weighted by atomic mass is 10.1. The third-order valence-electron chi connectivity index (χ3n) is 3.45. The summed E-state index contributed by atoms with van der Waals surface area (Å²) >= 11 is 6.19. The summed E-state index contributed by atoms with van der Waals surface area (Å²) in [4.78, 5) is 15.8. The molecular formula is C14H19ClN2O2. The van der Waals surface area contributed by atoms with E-state index in [1.807, 2.05) is 0 Å². The van der Waals surface area contributed by atoms with Gasteiger partial charge in [-0.3, -0.25) is 4.90 Å². The van der Waals surface area contributed by atoms with Gasteiger partial charge in [-0.15, -0.1) is 0 Å². The zero-order valence-electron chi connectivity index (χ0n) is 11.1. The molecule has 5 heteroatoms. The highest BCUT2D eigenvalue weighted by atomic mass is 35.5. The van der Waals surface area contributed by atoms with E-state index in [-0.39, 0.29) is 5.56 Å². The number of rotatable bonds is 4. The van der Waals surface area contributed by atoms with Crippen LogP contribution in [0.1, 0.15) is 23.7 Å². The number of carboxylic acid groups (broad SMARTS) is 1. The molecule has 1 fully saturated rings. The topological polar surface area (TPSA) is 43.8 Å². The van der Waals surface area contributed by atoms with Crippen molar-refractivity contribution in [1.29, 1.82) is 0 Å². The normalized spacial score (nSPS) is 16.6. The maximum absolute atomic E-state index is 11.3. The fourth-order valence-electron chi connectivity index (χ4n) is 2.52. The number of aromatic carboxylic acids is 1. The van der Waals surface area contributed by atoms with Crippen LogP contribution in [-0.4, -0.2) is 48.7 Å². The molecule has 19 heavy (non-hydrogen) atoms. The molecule has 1 aromatic rings. The summed E-state index contributed by atoms with van der Waals surface area (Å²) in [7, 11) is 0. The van der Waals surface area contributed by atoms with Gasteiger partial charge in [-0.2, -0.15) is 0 Å². The van der Waals surface area contributed by atoms with Crippen LogP contribution >= 0.6 is 11.6 Å². The highest BCUT2D eigenvalue weighted by molar-refractivity contribution is 6.34. The van der Waals surface area contributed by atoms with E-state index in [2.05, 4.69) is 16.7 Å². The first-order valence-electron chi connectivity index (χ1n) is 6.62. The summed E-state index contributed by atoms with van der Waals surface area (Å²) in [5, 5.41) is 9.78. The van der Waals surface area contributed by atoms with Crippen molar-refractivity contribution in [3.63, 3.8) is 0 Å². The molecule has 1 aliphatic heterocycles. The fraction of sp³-hybridized carbons (Fsp3) is 0.500. The van der Waals surface area contributed by atoms with E-state index in [1.165, 1.54) is 0 Å². The second-order valence-corrected chi connectivity index (χ2v) is 5.18. The molecule has 1 aromatic carbocycles. The highest BCUT2D eigenvalue weighted by Gasteiger charge is 2.23. The van der Waals surface area contributed by atoms with Crippen LogP contribution in [0.3, 0.4) is 0 Å². The van der Waals surface area contributed by atoms with Gasteiger partial charge in [0.25, 0.3) is 0 Å². The van der Waals surface area contributed by atoms with E-state index in [9.17, 15) is 9.90 Å². The van der Waals surface area contributed by atoms with E-state index in [1.54, 1.807) is 18.2 Å². The van der Waals surface area contributed by atoms with E-state index >= 15 is 0 Å². The number of anilines is 1. The van der Waals surface area contributed by atoms with Crippen molar-refractivity contribution >= 4 is 23.3 Å². The third kappa shape index (κ3) is 3.19. The number of hydrogen-bond donors (Lipinski definition) is 1. The Balaban J connectivity index is 2.17. The van der Waals surface area contributed by atoms with Crippen LogP contribution in [0.25, 0.3) is 0 Å². The van der Waals surface area contributed by atoms with Crippen LogP contribution in [0.5, 0.6) is 0 Å². The highest BCUT2D eigenvalue weighted by Crippen LogP contribution is 2.30. The molecular weight excluding hydrogens is 264 g/mol. The molecule has 1 aliphatic rings. The van der Waals surface area contributed by atoms with Gasteiger partial charge in [0.15, 0.2) is 0 Å². The lowest BCUT2D eigenvalue weighted by Gasteiger charge is -2.36. The third-order valence-corrected chi connectivity index (χ3v) is 3.75. The molecule has 4 nitrogen and oxygen atoms in total. The van der Waals surface area contributed by atoms with Crippen molar-refractivity contribution in [3.8, 4) is 0 Å². The van der Waals surface area contributed by atoms with Gasteiger partial charge in [-0.1, -0.05) is 24.6 Å². The van der Waals surface area contributed by atoms with E-state index in [0.717, 1.165) is 39.1 Å². The average Bonchev–Trinajstić information content (AvgIpc) is 2.40. The van der Waals surface area contributed by atoms with Gasteiger partial charge in [-0.25, -0.2) is 4.79 Å². The Morgan fingerprint density at radius 2 is 2.00 bits per heavy atom. The summed E-state index contributed by atoms with van der Waals surface area (Å²) in [6, 6.07) is 5.05. The molecule has 0 aliphatic carbocycles. The Bertz CT molecular complexity index is 457. The SMILES string of the molecule is CCCN1CCN(c2c(Cl)cccc2C(=O)O)CC1. The number of piperazine rings is 1. The first kappa shape index (κ1) is 14.2. The van der Waals surface area contributed by atoms with Crippen molar-refractivity contribution in [2.24, 2.45) is 0 Å². The van der Waals surface area contributed by atoms with E-state index in [4.69, 9.17) is 11.6 Å². The van der Waals surface area contributed by atoms with Crippen LogP contribution in [0.2, 0.25) is 5.02 Å². The quantitative estimate of drug-likeness (QED) is 0.922. The first-order valence-corrected chi connectivity index (χ1v) is 7.00. The van der Waals surface area contributed by atoms with Crippen molar-refractivity contribution in [2.45, 2.75) is 13.3 Å². The van der Waals surface area contributed by atoms with Crippen LogP contribution in [0, 0.1) is 0 Å². The minimum Gasteiger partial charge on any atom is -0.478 e. The van der Waals surface area contributed by atoms with Gasteiger partial charge < -0.3 is 10.0 Å². The molecule has 2 rings (SSSR count). The zero-order valence-corrected chi connectivity index (χ0v) is 11.9. The van der Waals surface area contributed by atoms with Gasteiger partial charge in [0.1, 0.15) is 0 Å². The summed E-state index contributed by atoms with van der Waals surface area (Å²) in [6.45, 7) is 6.83. The monoisotopic (exact) mass is 282 g/mol. The Morgan fingerprint density at radius 3 is 2.58 bits per heavy atom. The number of nitrogens with zero attached hydrogens (tertiary/aromatic N) is 2. The average molecular weight is 283 g/mol. The predicted octanol–water partition coefficient (Wildman–Crippen LogP) is 2.57. The van der Waals surface area contributed by atoms with Crippen molar-refractivity contribution in [1.82, 2.24) is 4.90 Å². The van der Waals surface area contributed by atoms with Gasteiger partial charge in [0, 0.05) is 26.2 Å². The number of hydrogen-bond acceptors (Lipinski definition) is 3. The van der Waals surface area contributed by atoms with E-state index in [0.29, 0.717) is 10.7 Å². The predicted molar refractivity (Wildman–Crippen MR) is 77.4 cm³/mol. The Morgan fingerprint density at radius 1 is 1.32 bits per heavy atom. The number of benzene rings is 1. The molecule has 0 aromatic heterocycles. The van der Waals surface area contributed by atoms with Crippen LogP contribution < -0.4 is 4.90 Å². The largest absolute Gasteiger partial charge is 0.478 e. The van der Waals surface area contributed by atoms with Gasteiger partial charge in [-0.05, 0) is 25.1 Å². The summed E-state index contributed by atoms with van der Waals surface area (Å²) in [6.07, 6.45) is 1.15. The Labute approximate surface area is 118 Å². The molecule has 1 N–H and O–H groups in total. The molecule has 0 bridgehead atoms. The lowest BCUT2D eigenvalue weighted by molar-refractivity contribution is 0.0697. The molecule has 0 atom stereocenters. The second-order valence-electron chi connectivity index (χ2n) is 4.77. The molecule has 0 saturated carbocycles. The molecule has 1 saturated heterocycles. The van der Waals surface area contributed by atoms with Crippen LogP contribution in [0.15, 0.2) is 18.2 Å². The minimum absolute atomic E-state index is 0.288. The first-order chi connectivity index (χ1) is 9.13. The Hall–Kier alpha value is -1.26. The molecule has 0 amide bonds. The standard InChI is InChI=1S/C14H19ClN2O2/c1-2-6-16-7-9-17(10-8-16)13-11(14(18)19)4-3-5-12(13)15/h3-5H,2,6-10H2,1H3,(H,18,19). The number of carboxylic acids is 1. The summed E-state index contributed by atoms with van der Waals surface area (Å²) in [5.74, 6) is -0.923. The van der Waals surface area contributed by atoms with Crippen molar-refractivity contribution < 1.29 is 9.90 Å². The van der Waals surface area contributed by atoms with Crippen molar-refractivity contribution in [3.05, 3.63) is 28.8 Å². The van der Waals surface area contributed by atoms with Crippen molar-refractivity contribution in [2.75, 3.05) is 37.6 Å². The Kier molecular flexibility index (Phi) is 4.66. The van der Waals surface area contributed by atoms with Gasteiger partial charge in [0.2, 0.25) is 0 Å². The van der Waals surface area contributed by atoms with Crippen LogP contribution in [0.4, 0.5) is 5.69 Å².